The first kappa shape index (κ1) is 17.5. The molecule has 3 heteroatoms. The molecule has 0 aliphatic carbocycles. The number of hydrogen-bond donors (Lipinski definition) is 1. The predicted octanol–water partition coefficient (Wildman–Crippen LogP) is 5.07. The van der Waals surface area contributed by atoms with Crippen LogP contribution >= 0.6 is 0 Å². The van der Waals surface area contributed by atoms with Gasteiger partial charge in [-0.3, -0.25) is 0 Å². The van der Waals surface area contributed by atoms with Gasteiger partial charge in [0.2, 0.25) is 0 Å². The van der Waals surface area contributed by atoms with Gasteiger partial charge in [0.05, 0.1) is 6.61 Å². The lowest BCUT2D eigenvalue weighted by Crippen LogP contribution is -2.26. The molecule has 1 aliphatic rings. The molecular weight excluding hydrogens is 334 g/mol. The van der Waals surface area contributed by atoms with E-state index >= 15 is 0 Å². The highest BCUT2D eigenvalue weighted by Crippen LogP contribution is 2.47. The molecule has 1 aliphatic heterocycles. The molecule has 0 radical (unpaired) electrons. The fourth-order valence-corrected chi connectivity index (χ4v) is 4.06. The molecule has 0 spiro atoms. The highest BCUT2D eigenvalue weighted by Gasteiger charge is 2.34. The van der Waals surface area contributed by atoms with Gasteiger partial charge >= 0.3 is 0 Å². The van der Waals surface area contributed by atoms with Crippen LogP contribution in [0.25, 0.3) is 0 Å². The lowest BCUT2D eigenvalue weighted by atomic mass is 9.75. The van der Waals surface area contributed by atoms with Crippen LogP contribution in [0.5, 0.6) is 11.5 Å². The van der Waals surface area contributed by atoms with E-state index in [0.29, 0.717) is 6.61 Å². The Labute approximate surface area is 160 Å². The number of ether oxygens (including phenoxy) is 1. The number of phenols is 1. The van der Waals surface area contributed by atoms with E-state index < -0.39 is 0 Å². The number of aryl methyl sites for hydroxylation is 1. The summed E-state index contributed by atoms with van der Waals surface area (Å²) in [5.74, 6) is 1.44. The molecule has 3 aromatic carbocycles. The van der Waals surface area contributed by atoms with E-state index in [2.05, 4.69) is 74.4 Å². The van der Waals surface area contributed by atoms with Crippen molar-refractivity contribution >= 4 is 5.69 Å². The molecule has 2 unspecified atom stereocenters. The Morgan fingerprint density at radius 1 is 0.926 bits per heavy atom. The summed E-state index contributed by atoms with van der Waals surface area (Å²) in [7, 11) is 4.11. The molecule has 4 rings (SSSR count). The molecule has 0 fully saturated rings. The molecule has 3 nitrogen and oxygen atoms in total. The molecular formula is C24H25NO2. The zero-order chi connectivity index (χ0) is 19.0. The number of anilines is 1. The van der Waals surface area contributed by atoms with Crippen LogP contribution in [0.3, 0.4) is 0 Å². The first-order valence-corrected chi connectivity index (χ1v) is 9.33. The third-order valence-electron chi connectivity index (χ3n) is 5.51. The zero-order valence-electron chi connectivity index (χ0n) is 16.0. The third kappa shape index (κ3) is 3.25. The van der Waals surface area contributed by atoms with E-state index in [-0.39, 0.29) is 17.6 Å². The van der Waals surface area contributed by atoms with Crippen LogP contribution in [0, 0.1) is 6.92 Å². The first-order chi connectivity index (χ1) is 13.0. The summed E-state index contributed by atoms with van der Waals surface area (Å²) < 4.78 is 6.07. The topological polar surface area (TPSA) is 32.7 Å². The first-order valence-electron chi connectivity index (χ1n) is 9.33. The molecule has 0 bridgehead atoms. The Bertz CT molecular complexity index is 947. The molecule has 138 valence electrons. The monoisotopic (exact) mass is 359 g/mol. The maximum Gasteiger partial charge on any atom is 0.126 e. The predicted molar refractivity (Wildman–Crippen MR) is 110 cm³/mol. The van der Waals surface area contributed by atoms with Crippen molar-refractivity contribution in [2.24, 2.45) is 0 Å². The van der Waals surface area contributed by atoms with E-state index in [4.69, 9.17) is 4.74 Å². The van der Waals surface area contributed by atoms with Crippen LogP contribution in [-0.2, 0) is 0 Å². The Morgan fingerprint density at radius 3 is 2.37 bits per heavy atom. The smallest absolute Gasteiger partial charge is 0.126 e. The molecule has 0 saturated carbocycles. The summed E-state index contributed by atoms with van der Waals surface area (Å²) in [5, 5.41) is 9.88. The van der Waals surface area contributed by atoms with Gasteiger partial charge in [0.25, 0.3) is 0 Å². The van der Waals surface area contributed by atoms with Gasteiger partial charge < -0.3 is 14.7 Å². The summed E-state index contributed by atoms with van der Waals surface area (Å²) in [6.45, 7) is 2.76. The van der Waals surface area contributed by atoms with Crippen molar-refractivity contribution in [3.63, 3.8) is 0 Å². The Hall–Kier alpha value is -2.94. The Balaban J connectivity index is 1.84. The third-order valence-corrected chi connectivity index (χ3v) is 5.51. The summed E-state index contributed by atoms with van der Waals surface area (Å²) in [6, 6.07) is 22.8. The summed E-state index contributed by atoms with van der Waals surface area (Å²) in [5.41, 5.74) is 6.18. The van der Waals surface area contributed by atoms with Gasteiger partial charge in [-0.2, -0.15) is 0 Å². The van der Waals surface area contributed by atoms with Gasteiger partial charge in [-0.05, 0) is 41.8 Å². The van der Waals surface area contributed by atoms with Gasteiger partial charge in [-0.15, -0.1) is 0 Å². The van der Waals surface area contributed by atoms with E-state index in [0.717, 1.165) is 11.3 Å². The van der Waals surface area contributed by atoms with Gasteiger partial charge in [0.15, 0.2) is 0 Å². The number of hydrogen-bond acceptors (Lipinski definition) is 3. The van der Waals surface area contributed by atoms with Crippen LogP contribution in [-0.4, -0.2) is 25.8 Å². The van der Waals surface area contributed by atoms with Crippen LogP contribution < -0.4 is 9.64 Å². The molecule has 0 amide bonds. The van der Waals surface area contributed by atoms with Gasteiger partial charge in [-0.25, -0.2) is 0 Å². The fourth-order valence-electron chi connectivity index (χ4n) is 4.06. The molecule has 3 aromatic rings. The maximum atomic E-state index is 9.88. The normalized spacial score (nSPS) is 18.5. The van der Waals surface area contributed by atoms with Crippen molar-refractivity contribution in [1.82, 2.24) is 0 Å². The number of aromatic hydroxyl groups is 1. The van der Waals surface area contributed by atoms with Gasteiger partial charge in [0, 0.05) is 43.2 Å². The molecule has 2 atom stereocenters. The average Bonchev–Trinajstić information content (AvgIpc) is 2.67. The lowest BCUT2D eigenvalue weighted by Gasteiger charge is -2.35. The van der Waals surface area contributed by atoms with E-state index in [1.807, 2.05) is 6.07 Å². The van der Waals surface area contributed by atoms with Crippen molar-refractivity contribution in [2.75, 3.05) is 25.6 Å². The van der Waals surface area contributed by atoms with Crippen LogP contribution in [0.4, 0.5) is 5.69 Å². The number of fused-ring (bicyclic) bond motifs is 1. The van der Waals surface area contributed by atoms with Crippen molar-refractivity contribution in [3.8, 4) is 11.5 Å². The molecule has 1 N–H and O–H groups in total. The number of nitrogens with zero attached hydrogens (tertiary/aromatic N) is 1. The molecule has 0 aromatic heterocycles. The number of phenolic OH excluding ortho intramolecular Hbond substituents is 1. The van der Waals surface area contributed by atoms with E-state index in [1.165, 1.54) is 22.4 Å². The van der Waals surface area contributed by atoms with E-state index in [9.17, 15) is 5.11 Å². The van der Waals surface area contributed by atoms with Crippen molar-refractivity contribution in [1.29, 1.82) is 0 Å². The second kappa shape index (κ2) is 6.99. The fraction of sp³-hybridized carbons (Fsp3) is 0.250. The van der Waals surface area contributed by atoms with Crippen molar-refractivity contribution < 1.29 is 9.84 Å². The standard InChI is InChI=1S/C24H25NO2/c1-16-6-4-5-7-20(16)22-15-27-23-14-19(26)12-13-21(23)24(22)17-8-10-18(11-9-17)25(2)3/h4-14,22,24,26H,15H2,1-3H3. The summed E-state index contributed by atoms with van der Waals surface area (Å²) in [6.07, 6.45) is 0. The summed E-state index contributed by atoms with van der Waals surface area (Å²) >= 11 is 0. The number of benzene rings is 3. The molecule has 1 heterocycles. The Morgan fingerprint density at radius 2 is 1.67 bits per heavy atom. The van der Waals surface area contributed by atoms with E-state index in [1.54, 1.807) is 12.1 Å². The highest BCUT2D eigenvalue weighted by molar-refractivity contribution is 5.53. The second-order valence-electron chi connectivity index (χ2n) is 7.46. The van der Waals surface area contributed by atoms with Gasteiger partial charge in [0.1, 0.15) is 11.5 Å². The number of rotatable bonds is 3. The van der Waals surface area contributed by atoms with Crippen molar-refractivity contribution in [2.45, 2.75) is 18.8 Å². The lowest BCUT2D eigenvalue weighted by molar-refractivity contribution is 0.247. The minimum absolute atomic E-state index is 0.187. The second-order valence-corrected chi connectivity index (χ2v) is 7.46. The van der Waals surface area contributed by atoms with Crippen molar-refractivity contribution in [3.05, 3.63) is 89.0 Å². The SMILES string of the molecule is Cc1ccccc1C1COc2cc(O)ccc2C1c1ccc(N(C)C)cc1. The van der Waals surface area contributed by atoms with Crippen LogP contribution in [0.15, 0.2) is 66.7 Å². The quantitative estimate of drug-likeness (QED) is 0.708. The average molecular weight is 359 g/mol. The maximum absolute atomic E-state index is 9.88. The zero-order valence-corrected chi connectivity index (χ0v) is 16.0. The Kier molecular flexibility index (Phi) is 4.53. The van der Waals surface area contributed by atoms with Crippen LogP contribution in [0.2, 0.25) is 0 Å². The summed E-state index contributed by atoms with van der Waals surface area (Å²) in [4.78, 5) is 2.11. The highest BCUT2D eigenvalue weighted by atomic mass is 16.5. The minimum atomic E-state index is 0.187. The van der Waals surface area contributed by atoms with Gasteiger partial charge in [-0.1, -0.05) is 42.5 Å². The molecule has 0 saturated heterocycles. The molecule has 27 heavy (non-hydrogen) atoms. The van der Waals surface area contributed by atoms with Crippen LogP contribution in [0.1, 0.15) is 34.1 Å². The largest absolute Gasteiger partial charge is 0.508 e. The minimum Gasteiger partial charge on any atom is -0.508 e.